The first-order chi connectivity index (χ1) is 14.5. The lowest BCUT2D eigenvalue weighted by atomic mass is 10.2. The van der Waals surface area contributed by atoms with Crippen molar-refractivity contribution in [1.29, 1.82) is 0 Å². The zero-order valence-electron chi connectivity index (χ0n) is 17.0. The number of rotatable bonds is 6. The number of carbonyl (C=O) groups is 1. The van der Waals surface area contributed by atoms with E-state index >= 15 is 0 Å². The summed E-state index contributed by atoms with van der Waals surface area (Å²) >= 11 is 1.52. The number of amides is 1. The lowest BCUT2D eigenvalue weighted by molar-refractivity contribution is 0.0736. The van der Waals surface area contributed by atoms with Crippen molar-refractivity contribution in [1.82, 2.24) is 19.8 Å². The Morgan fingerprint density at radius 3 is 2.77 bits per heavy atom. The van der Waals surface area contributed by atoms with Crippen molar-refractivity contribution < 1.29 is 13.6 Å². The van der Waals surface area contributed by atoms with Crippen molar-refractivity contribution in [3.8, 4) is 0 Å². The largest absolute Gasteiger partial charge is 0.447 e. The molecule has 1 amide bonds. The third-order valence-electron chi connectivity index (χ3n) is 5.41. The summed E-state index contributed by atoms with van der Waals surface area (Å²) in [5.74, 6) is 0.114. The van der Waals surface area contributed by atoms with Crippen LogP contribution in [0.5, 0.6) is 0 Å². The van der Waals surface area contributed by atoms with Gasteiger partial charge in [0.05, 0.1) is 18.3 Å². The van der Waals surface area contributed by atoms with Gasteiger partial charge in [0.15, 0.2) is 5.69 Å². The normalized spacial score (nSPS) is 15.9. The van der Waals surface area contributed by atoms with Crippen LogP contribution in [0.15, 0.2) is 46.5 Å². The maximum atomic E-state index is 14.0. The lowest BCUT2D eigenvalue weighted by Crippen LogP contribution is -2.46. The number of para-hydroxylation sites is 1. The number of piperazine rings is 1. The van der Waals surface area contributed by atoms with E-state index in [9.17, 15) is 9.18 Å². The summed E-state index contributed by atoms with van der Waals surface area (Å²) in [7, 11) is 1.74. The summed E-state index contributed by atoms with van der Waals surface area (Å²) < 4.78 is 19.5. The van der Waals surface area contributed by atoms with Gasteiger partial charge < -0.3 is 14.2 Å². The SMILES string of the molecule is CC(c1nccs1)N(C)C(=O)c1coc(CN2CCN(c3ccccc3F)CC2)n1. The van der Waals surface area contributed by atoms with Gasteiger partial charge in [-0.15, -0.1) is 11.3 Å². The molecule has 2 aromatic heterocycles. The number of halogens is 1. The number of oxazole rings is 1. The monoisotopic (exact) mass is 429 g/mol. The standard InChI is InChI=1S/C21H24FN5O2S/c1-15(20-23-7-12-30-20)25(2)21(28)17-14-29-19(24-17)13-26-8-10-27(11-9-26)18-6-4-3-5-16(18)22/h3-7,12,14-15H,8-11,13H2,1-2H3. The average Bonchev–Trinajstić information content (AvgIpc) is 3.46. The Balaban J connectivity index is 1.33. The number of aromatic nitrogens is 2. The van der Waals surface area contributed by atoms with Crippen LogP contribution in [0.2, 0.25) is 0 Å². The highest BCUT2D eigenvalue weighted by Gasteiger charge is 2.25. The van der Waals surface area contributed by atoms with E-state index in [1.54, 1.807) is 30.3 Å². The molecule has 0 bridgehead atoms. The van der Waals surface area contributed by atoms with Crippen LogP contribution in [0.25, 0.3) is 0 Å². The average molecular weight is 430 g/mol. The minimum Gasteiger partial charge on any atom is -0.447 e. The number of thiazole rings is 1. The third-order valence-corrected chi connectivity index (χ3v) is 6.35. The first-order valence-corrected chi connectivity index (χ1v) is 10.7. The second kappa shape index (κ2) is 8.93. The van der Waals surface area contributed by atoms with Gasteiger partial charge in [0, 0.05) is 44.8 Å². The van der Waals surface area contributed by atoms with Gasteiger partial charge in [0.25, 0.3) is 5.91 Å². The predicted octanol–water partition coefficient (Wildman–Crippen LogP) is 3.43. The molecule has 1 atom stereocenters. The number of hydrogen-bond donors (Lipinski definition) is 0. The first kappa shape index (κ1) is 20.5. The minimum absolute atomic E-state index is 0.135. The van der Waals surface area contributed by atoms with Crippen molar-refractivity contribution in [3.05, 3.63) is 64.5 Å². The molecule has 30 heavy (non-hydrogen) atoms. The van der Waals surface area contributed by atoms with Crippen molar-refractivity contribution >= 4 is 22.9 Å². The molecular formula is C21H24FN5O2S. The Labute approximate surface area is 178 Å². The van der Waals surface area contributed by atoms with E-state index in [1.165, 1.54) is 23.7 Å². The Hall–Kier alpha value is -2.78. The van der Waals surface area contributed by atoms with Gasteiger partial charge in [0.1, 0.15) is 17.1 Å². The van der Waals surface area contributed by atoms with E-state index in [4.69, 9.17) is 4.42 Å². The number of benzene rings is 1. The van der Waals surface area contributed by atoms with Crippen molar-refractivity contribution in [2.24, 2.45) is 0 Å². The van der Waals surface area contributed by atoms with Crippen LogP contribution in [0.4, 0.5) is 10.1 Å². The summed E-state index contributed by atoms with van der Waals surface area (Å²) in [4.78, 5) is 27.3. The molecule has 0 radical (unpaired) electrons. The molecule has 1 unspecified atom stereocenters. The van der Waals surface area contributed by atoms with E-state index < -0.39 is 0 Å². The molecular weight excluding hydrogens is 405 g/mol. The summed E-state index contributed by atoms with van der Waals surface area (Å²) in [5, 5.41) is 2.77. The Bertz CT molecular complexity index is 985. The third kappa shape index (κ3) is 4.36. The molecule has 0 aliphatic carbocycles. The lowest BCUT2D eigenvalue weighted by Gasteiger charge is -2.35. The van der Waals surface area contributed by atoms with Gasteiger partial charge in [-0.3, -0.25) is 9.69 Å². The molecule has 1 aliphatic heterocycles. The summed E-state index contributed by atoms with van der Waals surface area (Å²) in [6, 6.07) is 6.71. The highest BCUT2D eigenvalue weighted by atomic mass is 32.1. The number of carbonyl (C=O) groups excluding carboxylic acids is 1. The van der Waals surface area contributed by atoms with Crippen molar-refractivity contribution in [3.63, 3.8) is 0 Å². The summed E-state index contributed by atoms with van der Waals surface area (Å²) in [6.45, 7) is 5.43. The molecule has 1 saturated heterocycles. The molecule has 3 heterocycles. The van der Waals surface area contributed by atoms with Gasteiger partial charge >= 0.3 is 0 Å². The van der Waals surface area contributed by atoms with Crippen LogP contribution in [0.1, 0.15) is 34.4 Å². The van der Waals surface area contributed by atoms with Gasteiger partial charge in [-0.25, -0.2) is 14.4 Å². The van der Waals surface area contributed by atoms with Crippen LogP contribution in [0.3, 0.4) is 0 Å². The predicted molar refractivity (Wildman–Crippen MR) is 113 cm³/mol. The molecule has 7 nitrogen and oxygen atoms in total. The molecule has 0 spiro atoms. The van der Waals surface area contributed by atoms with E-state index in [1.807, 2.05) is 23.3 Å². The molecule has 0 saturated carbocycles. The second-order valence-electron chi connectivity index (χ2n) is 7.30. The molecule has 0 N–H and O–H groups in total. The van der Waals surface area contributed by atoms with Gasteiger partial charge in [0.2, 0.25) is 5.89 Å². The van der Waals surface area contributed by atoms with E-state index in [-0.39, 0.29) is 17.8 Å². The zero-order valence-corrected chi connectivity index (χ0v) is 17.8. The maximum absolute atomic E-state index is 14.0. The topological polar surface area (TPSA) is 65.7 Å². The van der Waals surface area contributed by atoms with Gasteiger partial charge in [-0.1, -0.05) is 12.1 Å². The quantitative estimate of drug-likeness (QED) is 0.598. The highest BCUT2D eigenvalue weighted by molar-refractivity contribution is 7.09. The molecule has 1 aromatic carbocycles. The maximum Gasteiger partial charge on any atom is 0.276 e. The fraction of sp³-hybridized carbons (Fsp3) is 0.381. The second-order valence-corrected chi connectivity index (χ2v) is 8.23. The van der Waals surface area contributed by atoms with E-state index in [0.29, 0.717) is 23.8 Å². The van der Waals surface area contributed by atoms with Gasteiger partial charge in [-0.2, -0.15) is 0 Å². The van der Waals surface area contributed by atoms with Crippen LogP contribution in [-0.2, 0) is 6.54 Å². The number of nitrogens with zero attached hydrogens (tertiary/aromatic N) is 5. The molecule has 1 aliphatic rings. The number of hydrogen-bond acceptors (Lipinski definition) is 7. The molecule has 4 rings (SSSR count). The highest BCUT2D eigenvalue weighted by Crippen LogP contribution is 2.23. The molecule has 3 aromatic rings. The summed E-state index contributed by atoms with van der Waals surface area (Å²) in [6.07, 6.45) is 3.15. The smallest absolute Gasteiger partial charge is 0.276 e. The molecule has 1 fully saturated rings. The van der Waals surface area contributed by atoms with Crippen LogP contribution >= 0.6 is 11.3 Å². The van der Waals surface area contributed by atoms with E-state index in [0.717, 1.165) is 31.2 Å². The Morgan fingerprint density at radius 2 is 2.07 bits per heavy atom. The minimum atomic E-state index is -0.197. The van der Waals surface area contributed by atoms with Crippen molar-refractivity contribution in [2.45, 2.75) is 19.5 Å². The zero-order chi connectivity index (χ0) is 21.1. The fourth-order valence-electron chi connectivity index (χ4n) is 3.49. The number of anilines is 1. The summed E-state index contributed by atoms with van der Waals surface area (Å²) in [5.41, 5.74) is 0.930. The van der Waals surface area contributed by atoms with Crippen LogP contribution < -0.4 is 4.90 Å². The Kier molecular flexibility index (Phi) is 6.10. The fourth-order valence-corrected chi connectivity index (χ4v) is 4.23. The van der Waals surface area contributed by atoms with Gasteiger partial charge in [-0.05, 0) is 19.1 Å². The van der Waals surface area contributed by atoms with Crippen molar-refractivity contribution in [2.75, 3.05) is 38.1 Å². The van der Waals surface area contributed by atoms with Crippen LogP contribution in [0, 0.1) is 5.82 Å². The molecule has 9 heteroatoms. The first-order valence-electron chi connectivity index (χ1n) is 9.85. The molecule has 158 valence electrons. The van der Waals surface area contributed by atoms with E-state index in [2.05, 4.69) is 14.9 Å². The Morgan fingerprint density at radius 1 is 1.30 bits per heavy atom. The van der Waals surface area contributed by atoms with Crippen LogP contribution in [-0.4, -0.2) is 58.9 Å².